The van der Waals surface area contributed by atoms with Crippen LogP contribution >= 0.6 is 0 Å². The number of nitrogens with one attached hydrogen (secondary N) is 1. The first kappa shape index (κ1) is 12.7. The molecule has 0 saturated carbocycles. The van der Waals surface area contributed by atoms with Crippen LogP contribution in [0.25, 0.3) is 0 Å². The maximum atomic E-state index is 5.48. The summed E-state index contributed by atoms with van der Waals surface area (Å²) in [4.78, 5) is 0. The zero-order valence-electron chi connectivity index (χ0n) is 10.8. The highest BCUT2D eigenvalue weighted by atomic mass is 16.5. The molecule has 96 valence electrons. The van der Waals surface area contributed by atoms with E-state index in [-0.39, 0.29) is 6.04 Å². The lowest BCUT2D eigenvalue weighted by Crippen LogP contribution is -2.17. The van der Waals surface area contributed by atoms with Gasteiger partial charge in [0.05, 0.1) is 18.9 Å². The molecule has 18 heavy (non-hydrogen) atoms. The van der Waals surface area contributed by atoms with E-state index in [2.05, 4.69) is 24.4 Å². The van der Waals surface area contributed by atoms with Gasteiger partial charge < -0.3 is 14.5 Å². The Hall–Kier alpha value is -1.74. The van der Waals surface area contributed by atoms with Gasteiger partial charge in [-0.3, -0.25) is 0 Å². The molecular weight excluding hydrogens is 226 g/mol. The average molecular weight is 245 g/mol. The van der Waals surface area contributed by atoms with E-state index in [1.165, 1.54) is 5.56 Å². The highest BCUT2D eigenvalue weighted by molar-refractivity contribution is 5.28. The van der Waals surface area contributed by atoms with Crippen LogP contribution in [-0.2, 0) is 6.54 Å². The van der Waals surface area contributed by atoms with Gasteiger partial charge >= 0.3 is 0 Å². The van der Waals surface area contributed by atoms with E-state index in [9.17, 15) is 0 Å². The molecule has 0 radical (unpaired) electrons. The van der Waals surface area contributed by atoms with Crippen LogP contribution in [0.2, 0.25) is 0 Å². The van der Waals surface area contributed by atoms with Crippen molar-refractivity contribution in [3.05, 3.63) is 54.0 Å². The standard InChI is InChI=1S/C15H19NO2/c1-3-17-14-7-4-6-13(10-14)11-16-12(2)15-8-5-9-18-15/h4-10,12,16H,3,11H2,1-2H3. The van der Waals surface area contributed by atoms with Crippen molar-refractivity contribution < 1.29 is 9.15 Å². The minimum absolute atomic E-state index is 0.204. The largest absolute Gasteiger partial charge is 0.494 e. The van der Waals surface area contributed by atoms with Crippen LogP contribution in [-0.4, -0.2) is 6.61 Å². The highest BCUT2D eigenvalue weighted by Crippen LogP contribution is 2.16. The van der Waals surface area contributed by atoms with E-state index < -0.39 is 0 Å². The Morgan fingerprint density at radius 1 is 1.28 bits per heavy atom. The summed E-state index contributed by atoms with van der Waals surface area (Å²) in [5, 5.41) is 3.42. The molecule has 1 unspecified atom stereocenters. The fraction of sp³-hybridized carbons (Fsp3) is 0.333. The predicted molar refractivity (Wildman–Crippen MR) is 71.6 cm³/mol. The van der Waals surface area contributed by atoms with Crippen molar-refractivity contribution in [1.29, 1.82) is 0 Å². The molecule has 0 fully saturated rings. The molecule has 0 amide bonds. The number of hydrogen-bond donors (Lipinski definition) is 1. The van der Waals surface area contributed by atoms with Gasteiger partial charge in [0.25, 0.3) is 0 Å². The molecule has 2 rings (SSSR count). The van der Waals surface area contributed by atoms with Crippen LogP contribution in [0.4, 0.5) is 0 Å². The van der Waals surface area contributed by atoms with Gasteiger partial charge in [-0.25, -0.2) is 0 Å². The number of ether oxygens (including phenoxy) is 1. The van der Waals surface area contributed by atoms with Crippen molar-refractivity contribution in [2.24, 2.45) is 0 Å². The molecule has 1 heterocycles. The van der Waals surface area contributed by atoms with E-state index in [0.29, 0.717) is 6.61 Å². The second kappa shape index (κ2) is 6.26. The fourth-order valence-electron chi connectivity index (χ4n) is 1.82. The van der Waals surface area contributed by atoms with E-state index in [0.717, 1.165) is 18.1 Å². The summed E-state index contributed by atoms with van der Waals surface area (Å²) >= 11 is 0. The molecule has 3 nitrogen and oxygen atoms in total. The molecule has 3 heteroatoms. The summed E-state index contributed by atoms with van der Waals surface area (Å²) in [5.74, 6) is 1.87. The zero-order chi connectivity index (χ0) is 12.8. The van der Waals surface area contributed by atoms with E-state index in [1.54, 1.807) is 6.26 Å². The second-order valence-corrected chi connectivity index (χ2v) is 4.20. The third-order valence-electron chi connectivity index (χ3n) is 2.79. The molecule has 1 aromatic heterocycles. The first-order valence-electron chi connectivity index (χ1n) is 6.28. The summed E-state index contributed by atoms with van der Waals surface area (Å²) < 4.78 is 10.8. The van der Waals surface area contributed by atoms with Crippen molar-refractivity contribution >= 4 is 0 Å². The molecule has 0 aliphatic carbocycles. The first-order valence-corrected chi connectivity index (χ1v) is 6.28. The van der Waals surface area contributed by atoms with Gasteiger partial charge in [-0.05, 0) is 43.7 Å². The van der Waals surface area contributed by atoms with Gasteiger partial charge in [0, 0.05) is 6.54 Å². The van der Waals surface area contributed by atoms with Gasteiger partial charge in [0.1, 0.15) is 11.5 Å². The van der Waals surface area contributed by atoms with Gasteiger partial charge in [-0.2, -0.15) is 0 Å². The Labute approximate surface area is 108 Å². The van der Waals surface area contributed by atoms with Crippen molar-refractivity contribution in [3.8, 4) is 5.75 Å². The molecule has 0 spiro atoms. The molecule has 1 aromatic carbocycles. The minimum Gasteiger partial charge on any atom is -0.494 e. The summed E-state index contributed by atoms with van der Waals surface area (Å²) in [6, 6.07) is 12.2. The van der Waals surface area contributed by atoms with Crippen LogP contribution in [0, 0.1) is 0 Å². The lowest BCUT2D eigenvalue weighted by Gasteiger charge is -2.12. The second-order valence-electron chi connectivity index (χ2n) is 4.20. The predicted octanol–water partition coefficient (Wildman–Crippen LogP) is 3.53. The van der Waals surface area contributed by atoms with Gasteiger partial charge in [0.15, 0.2) is 0 Å². The smallest absolute Gasteiger partial charge is 0.120 e. The lowest BCUT2D eigenvalue weighted by molar-refractivity contribution is 0.339. The lowest BCUT2D eigenvalue weighted by atomic mass is 10.2. The summed E-state index contributed by atoms with van der Waals surface area (Å²) in [6.45, 7) is 5.57. The van der Waals surface area contributed by atoms with E-state index in [4.69, 9.17) is 9.15 Å². The van der Waals surface area contributed by atoms with Gasteiger partial charge in [-0.1, -0.05) is 12.1 Å². The quantitative estimate of drug-likeness (QED) is 0.845. The third kappa shape index (κ3) is 3.37. The Balaban J connectivity index is 1.91. The fourth-order valence-corrected chi connectivity index (χ4v) is 1.82. The summed E-state index contributed by atoms with van der Waals surface area (Å²) in [7, 11) is 0. The normalized spacial score (nSPS) is 12.3. The van der Waals surface area contributed by atoms with E-state index in [1.807, 2.05) is 31.2 Å². The third-order valence-corrected chi connectivity index (χ3v) is 2.79. The van der Waals surface area contributed by atoms with Gasteiger partial charge in [0.2, 0.25) is 0 Å². The minimum atomic E-state index is 0.204. The molecule has 1 N–H and O–H groups in total. The number of furan rings is 1. The van der Waals surface area contributed by atoms with Crippen LogP contribution < -0.4 is 10.1 Å². The van der Waals surface area contributed by atoms with Crippen molar-refractivity contribution in [1.82, 2.24) is 5.32 Å². The topological polar surface area (TPSA) is 34.4 Å². The molecule has 0 saturated heterocycles. The number of rotatable bonds is 6. The number of benzene rings is 1. The molecule has 0 aliphatic heterocycles. The SMILES string of the molecule is CCOc1cccc(CNC(C)c2ccco2)c1. The van der Waals surface area contributed by atoms with Crippen molar-refractivity contribution in [2.45, 2.75) is 26.4 Å². The van der Waals surface area contributed by atoms with Crippen LogP contribution in [0.3, 0.4) is 0 Å². The zero-order valence-corrected chi connectivity index (χ0v) is 10.8. The molecule has 2 aromatic rings. The summed E-state index contributed by atoms with van der Waals surface area (Å²) in [6.07, 6.45) is 1.70. The van der Waals surface area contributed by atoms with E-state index >= 15 is 0 Å². The Bertz CT molecular complexity index is 465. The average Bonchev–Trinajstić information content (AvgIpc) is 2.91. The Kier molecular flexibility index (Phi) is 4.42. The summed E-state index contributed by atoms with van der Waals surface area (Å²) in [5.41, 5.74) is 1.21. The monoisotopic (exact) mass is 245 g/mol. The molecule has 0 bridgehead atoms. The van der Waals surface area contributed by atoms with Crippen LogP contribution in [0.5, 0.6) is 5.75 Å². The van der Waals surface area contributed by atoms with Crippen LogP contribution in [0.15, 0.2) is 47.1 Å². The van der Waals surface area contributed by atoms with Gasteiger partial charge in [-0.15, -0.1) is 0 Å². The molecular formula is C15H19NO2. The first-order chi connectivity index (χ1) is 8.79. The number of hydrogen-bond acceptors (Lipinski definition) is 3. The molecule has 0 aliphatic rings. The molecule has 1 atom stereocenters. The Morgan fingerprint density at radius 3 is 2.89 bits per heavy atom. The maximum absolute atomic E-state index is 5.48. The van der Waals surface area contributed by atoms with Crippen LogP contribution in [0.1, 0.15) is 31.2 Å². The van der Waals surface area contributed by atoms with Crippen molar-refractivity contribution in [3.63, 3.8) is 0 Å². The maximum Gasteiger partial charge on any atom is 0.120 e. The van der Waals surface area contributed by atoms with Crippen molar-refractivity contribution in [2.75, 3.05) is 6.61 Å². The highest BCUT2D eigenvalue weighted by Gasteiger charge is 2.07. The Morgan fingerprint density at radius 2 is 2.17 bits per heavy atom.